The molecule has 1 aliphatic carbocycles. The second-order valence-corrected chi connectivity index (χ2v) is 5.88. The molecule has 2 aliphatic rings. The number of unbranched alkanes of at least 4 members (excludes halogenated alkanes) is 2. The highest BCUT2D eigenvalue weighted by Gasteiger charge is 2.67. The summed E-state index contributed by atoms with van der Waals surface area (Å²) in [6.07, 6.45) is 3.56. The van der Waals surface area contributed by atoms with Gasteiger partial charge in [-0.05, 0) is 12.8 Å². The molecular formula is C15H23NO6. The van der Waals surface area contributed by atoms with Crippen LogP contribution in [0.15, 0.2) is 0 Å². The highest BCUT2D eigenvalue weighted by Crippen LogP contribution is 2.50. The van der Waals surface area contributed by atoms with Gasteiger partial charge in [-0.15, -0.1) is 0 Å². The lowest BCUT2D eigenvalue weighted by atomic mass is 9.74. The first-order valence-electron chi connectivity index (χ1n) is 7.66. The summed E-state index contributed by atoms with van der Waals surface area (Å²) in [4.78, 5) is 30.3. The van der Waals surface area contributed by atoms with Crippen molar-refractivity contribution in [3.8, 4) is 0 Å². The summed E-state index contributed by atoms with van der Waals surface area (Å²) in [5.74, 6) is -2.02. The molecule has 0 amide bonds. The van der Waals surface area contributed by atoms with Crippen molar-refractivity contribution in [2.75, 3.05) is 20.8 Å². The Kier molecular flexibility index (Phi) is 4.93. The van der Waals surface area contributed by atoms with Crippen LogP contribution in [0.5, 0.6) is 0 Å². The molecule has 22 heavy (non-hydrogen) atoms. The first kappa shape index (κ1) is 16.6. The maximum absolute atomic E-state index is 12.4. The molecule has 0 aromatic carbocycles. The van der Waals surface area contributed by atoms with E-state index in [9.17, 15) is 14.8 Å². The Bertz CT molecular complexity index is 470. The highest BCUT2D eigenvalue weighted by atomic mass is 16.9. The van der Waals surface area contributed by atoms with Gasteiger partial charge in [0.05, 0.1) is 32.7 Å². The number of hydrogen-bond donors (Lipinski definition) is 0. The van der Waals surface area contributed by atoms with Crippen LogP contribution in [-0.4, -0.2) is 43.4 Å². The van der Waals surface area contributed by atoms with Gasteiger partial charge in [-0.2, -0.15) is 0 Å². The van der Waals surface area contributed by atoms with Gasteiger partial charge in [-0.25, -0.2) is 0 Å². The summed E-state index contributed by atoms with van der Waals surface area (Å²) in [5, 5.41) is 12.0. The molecule has 1 aliphatic heterocycles. The molecule has 0 N–H and O–H groups in total. The van der Waals surface area contributed by atoms with Gasteiger partial charge in [0.2, 0.25) is 5.71 Å². The van der Waals surface area contributed by atoms with E-state index in [2.05, 4.69) is 6.92 Å². The smallest absolute Gasteiger partial charge is 0.324 e. The van der Waals surface area contributed by atoms with Gasteiger partial charge < -0.3 is 14.3 Å². The lowest BCUT2D eigenvalue weighted by Gasteiger charge is -2.28. The van der Waals surface area contributed by atoms with Gasteiger partial charge in [0.1, 0.15) is 0 Å². The zero-order chi connectivity index (χ0) is 16.3. The minimum Gasteiger partial charge on any atom is -0.468 e. The number of hydrogen-bond acceptors (Lipinski definition) is 6. The van der Waals surface area contributed by atoms with Crippen molar-refractivity contribution in [2.45, 2.75) is 39.0 Å². The number of carbonyl (C=O) groups excluding carboxylic acids is 2. The first-order chi connectivity index (χ1) is 10.5. The maximum Gasteiger partial charge on any atom is 0.324 e. The molecule has 0 aromatic heterocycles. The molecule has 0 unspecified atom stereocenters. The molecule has 124 valence electrons. The predicted molar refractivity (Wildman–Crippen MR) is 76.8 cm³/mol. The van der Waals surface area contributed by atoms with E-state index in [-0.39, 0.29) is 18.9 Å². The topological polar surface area (TPSA) is 87.9 Å². The van der Waals surface area contributed by atoms with Crippen LogP contribution in [0.4, 0.5) is 0 Å². The van der Waals surface area contributed by atoms with E-state index in [4.69, 9.17) is 14.3 Å². The Hall–Kier alpha value is -1.79. The SMILES string of the molecule is CCCCC[C@@H]1C2=[N+]([O-])OC[C@H]2CC1(C(=O)OC)C(=O)OC. The van der Waals surface area contributed by atoms with Crippen molar-refractivity contribution >= 4 is 17.7 Å². The number of methoxy groups -OCH3 is 2. The molecule has 2 atom stereocenters. The third kappa shape index (κ3) is 2.42. The minimum atomic E-state index is -1.43. The van der Waals surface area contributed by atoms with Gasteiger partial charge in [0.25, 0.3) is 0 Å². The first-order valence-corrected chi connectivity index (χ1v) is 7.66. The lowest BCUT2D eigenvalue weighted by Crippen LogP contribution is -2.46. The van der Waals surface area contributed by atoms with E-state index in [0.29, 0.717) is 17.0 Å². The summed E-state index contributed by atoms with van der Waals surface area (Å²) < 4.78 is 9.77. The van der Waals surface area contributed by atoms with Crippen LogP contribution in [0, 0.1) is 22.5 Å². The Morgan fingerprint density at radius 3 is 2.50 bits per heavy atom. The number of nitrogens with zero attached hydrogens (tertiary/aromatic N) is 1. The van der Waals surface area contributed by atoms with Crippen molar-refractivity contribution in [1.29, 1.82) is 0 Å². The quantitative estimate of drug-likeness (QED) is 0.319. The molecule has 1 saturated carbocycles. The van der Waals surface area contributed by atoms with Crippen molar-refractivity contribution in [1.82, 2.24) is 0 Å². The van der Waals surface area contributed by atoms with Crippen molar-refractivity contribution in [3.63, 3.8) is 0 Å². The van der Waals surface area contributed by atoms with Gasteiger partial charge in [0, 0.05) is 4.90 Å². The zero-order valence-corrected chi connectivity index (χ0v) is 13.3. The zero-order valence-electron chi connectivity index (χ0n) is 13.3. The summed E-state index contributed by atoms with van der Waals surface area (Å²) in [6, 6.07) is 0. The number of esters is 2. The van der Waals surface area contributed by atoms with E-state index in [1.165, 1.54) is 14.2 Å². The van der Waals surface area contributed by atoms with Crippen LogP contribution in [0.3, 0.4) is 0 Å². The van der Waals surface area contributed by atoms with E-state index in [1.54, 1.807) is 0 Å². The van der Waals surface area contributed by atoms with E-state index in [0.717, 1.165) is 19.3 Å². The standard InChI is InChI=1S/C15H23NO6/c1-4-5-6-7-11-12-10(9-22-16(12)19)8-15(11,13(17)20-2)14(18)21-3/h10-11H,4-9H2,1-3H3/t10-,11-/m1/s1. The fourth-order valence-corrected chi connectivity index (χ4v) is 3.72. The largest absolute Gasteiger partial charge is 0.468 e. The third-order valence-electron chi connectivity index (χ3n) is 4.74. The molecule has 0 spiro atoms. The lowest BCUT2D eigenvalue weighted by molar-refractivity contribution is -0.732. The third-order valence-corrected chi connectivity index (χ3v) is 4.74. The Balaban J connectivity index is 2.43. The van der Waals surface area contributed by atoms with Crippen molar-refractivity contribution < 1.29 is 28.8 Å². The molecule has 1 heterocycles. The number of ether oxygens (including phenoxy) is 2. The van der Waals surface area contributed by atoms with Gasteiger partial charge in [-0.3, -0.25) is 14.8 Å². The molecule has 7 heteroatoms. The second-order valence-electron chi connectivity index (χ2n) is 5.88. The van der Waals surface area contributed by atoms with Crippen LogP contribution in [0.1, 0.15) is 39.0 Å². The Labute approximate surface area is 129 Å². The molecule has 0 aromatic rings. The summed E-state index contributed by atoms with van der Waals surface area (Å²) >= 11 is 0. The molecule has 1 fully saturated rings. The molecule has 0 radical (unpaired) electrons. The molecule has 7 nitrogen and oxygen atoms in total. The summed E-state index contributed by atoms with van der Waals surface area (Å²) in [6.45, 7) is 2.26. The monoisotopic (exact) mass is 313 g/mol. The van der Waals surface area contributed by atoms with Gasteiger partial charge in [0.15, 0.2) is 5.41 Å². The van der Waals surface area contributed by atoms with E-state index < -0.39 is 23.3 Å². The molecule has 0 bridgehead atoms. The highest BCUT2D eigenvalue weighted by molar-refractivity contribution is 6.08. The van der Waals surface area contributed by atoms with Gasteiger partial charge in [-0.1, -0.05) is 26.2 Å². The predicted octanol–water partition coefficient (Wildman–Crippen LogP) is 1.43. The van der Waals surface area contributed by atoms with Crippen LogP contribution >= 0.6 is 0 Å². The van der Waals surface area contributed by atoms with Crippen molar-refractivity contribution in [3.05, 3.63) is 5.21 Å². The Morgan fingerprint density at radius 2 is 1.95 bits per heavy atom. The molecular weight excluding hydrogens is 290 g/mol. The van der Waals surface area contributed by atoms with Crippen molar-refractivity contribution in [2.24, 2.45) is 17.3 Å². The van der Waals surface area contributed by atoms with Crippen LogP contribution in [0.25, 0.3) is 0 Å². The van der Waals surface area contributed by atoms with Crippen LogP contribution in [0.2, 0.25) is 0 Å². The maximum atomic E-state index is 12.4. The fraction of sp³-hybridized carbons (Fsp3) is 0.800. The molecule has 0 saturated heterocycles. The van der Waals surface area contributed by atoms with Gasteiger partial charge >= 0.3 is 11.9 Å². The van der Waals surface area contributed by atoms with E-state index >= 15 is 0 Å². The molecule has 2 rings (SSSR count). The number of fused-ring (bicyclic) bond motifs is 1. The summed E-state index contributed by atoms with van der Waals surface area (Å²) in [5.41, 5.74) is -0.948. The number of carbonyl (C=O) groups is 2. The normalized spacial score (nSPS) is 25.6. The average molecular weight is 313 g/mol. The average Bonchev–Trinajstić information content (AvgIpc) is 3.04. The van der Waals surface area contributed by atoms with E-state index in [1.807, 2.05) is 0 Å². The summed E-state index contributed by atoms with van der Waals surface area (Å²) in [7, 11) is 2.50. The second kappa shape index (κ2) is 6.54. The number of rotatable bonds is 6. The Morgan fingerprint density at radius 1 is 1.32 bits per heavy atom. The minimum absolute atomic E-state index is 0.193. The van der Waals surface area contributed by atoms with Crippen LogP contribution < -0.4 is 0 Å². The van der Waals surface area contributed by atoms with Crippen LogP contribution in [-0.2, 0) is 23.9 Å². The fourth-order valence-electron chi connectivity index (χ4n) is 3.72.